The molecule has 2 amide bonds. The normalized spacial score (nSPS) is 17.7. The number of piperidine rings is 1. The van der Waals surface area contributed by atoms with Gasteiger partial charge in [-0.05, 0) is 56.2 Å². The van der Waals surface area contributed by atoms with Crippen molar-refractivity contribution in [3.05, 3.63) is 23.8 Å². The molecule has 0 saturated carbocycles. The summed E-state index contributed by atoms with van der Waals surface area (Å²) in [5.41, 5.74) is 0.599. The first-order valence-electron chi connectivity index (χ1n) is 10.9. The van der Waals surface area contributed by atoms with Crippen molar-refractivity contribution in [2.75, 3.05) is 39.9 Å². The van der Waals surface area contributed by atoms with E-state index in [-0.39, 0.29) is 17.7 Å². The zero-order valence-electron chi connectivity index (χ0n) is 18.0. The largest absolute Gasteiger partial charge is 0.493 e. The highest BCUT2D eigenvalue weighted by atomic mass is 16.5. The van der Waals surface area contributed by atoms with Crippen LogP contribution in [0.15, 0.2) is 18.2 Å². The van der Waals surface area contributed by atoms with Crippen LogP contribution in [0.5, 0.6) is 11.5 Å². The smallest absolute Gasteiger partial charge is 0.253 e. The summed E-state index contributed by atoms with van der Waals surface area (Å²) in [6, 6.07) is 5.38. The van der Waals surface area contributed by atoms with Gasteiger partial charge in [-0.1, -0.05) is 13.8 Å². The van der Waals surface area contributed by atoms with Gasteiger partial charge in [0, 0.05) is 37.7 Å². The predicted molar refractivity (Wildman–Crippen MR) is 112 cm³/mol. The summed E-state index contributed by atoms with van der Waals surface area (Å²) in [5, 5.41) is 0. The molecule has 0 bridgehead atoms. The Kier molecular flexibility index (Phi) is 7.40. The zero-order valence-corrected chi connectivity index (χ0v) is 18.0. The Labute approximate surface area is 174 Å². The van der Waals surface area contributed by atoms with Crippen LogP contribution in [-0.2, 0) is 4.79 Å². The van der Waals surface area contributed by atoms with E-state index in [1.165, 1.54) is 0 Å². The molecule has 2 saturated heterocycles. The molecule has 2 aliphatic rings. The average Bonchev–Trinajstić information content (AvgIpc) is 3.27. The summed E-state index contributed by atoms with van der Waals surface area (Å²) >= 11 is 0. The van der Waals surface area contributed by atoms with Crippen LogP contribution in [0.25, 0.3) is 0 Å². The van der Waals surface area contributed by atoms with Gasteiger partial charge < -0.3 is 19.3 Å². The van der Waals surface area contributed by atoms with E-state index < -0.39 is 0 Å². The Morgan fingerprint density at radius 3 is 2.34 bits per heavy atom. The van der Waals surface area contributed by atoms with Crippen LogP contribution in [0.2, 0.25) is 0 Å². The van der Waals surface area contributed by atoms with E-state index in [1.807, 2.05) is 15.9 Å². The summed E-state index contributed by atoms with van der Waals surface area (Å²) < 4.78 is 11.3. The highest BCUT2D eigenvalue weighted by Crippen LogP contribution is 2.30. The summed E-state index contributed by atoms with van der Waals surface area (Å²) in [7, 11) is 1.59. The SMILES string of the molecule is COc1cc(C(=O)N2CCC(C(=O)N3CCCC3)CC2)ccc1OCCC(C)C. The van der Waals surface area contributed by atoms with Crippen molar-refractivity contribution >= 4 is 11.8 Å². The third kappa shape index (κ3) is 5.43. The van der Waals surface area contributed by atoms with Crippen molar-refractivity contribution in [1.82, 2.24) is 9.80 Å². The van der Waals surface area contributed by atoms with Crippen LogP contribution in [0.4, 0.5) is 0 Å². The quantitative estimate of drug-likeness (QED) is 0.699. The minimum absolute atomic E-state index is 0.0101. The van der Waals surface area contributed by atoms with Gasteiger partial charge in [-0.3, -0.25) is 9.59 Å². The van der Waals surface area contributed by atoms with Crippen LogP contribution >= 0.6 is 0 Å². The van der Waals surface area contributed by atoms with Gasteiger partial charge in [0.1, 0.15) is 0 Å². The zero-order chi connectivity index (χ0) is 20.8. The fourth-order valence-electron chi connectivity index (χ4n) is 4.03. The van der Waals surface area contributed by atoms with Gasteiger partial charge in [0.2, 0.25) is 5.91 Å². The molecule has 0 unspecified atom stereocenters. The number of likely N-dealkylation sites (tertiary alicyclic amines) is 2. The van der Waals surface area contributed by atoms with Crippen molar-refractivity contribution in [3.63, 3.8) is 0 Å². The van der Waals surface area contributed by atoms with Gasteiger partial charge >= 0.3 is 0 Å². The third-order valence-electron chi connectivity index (χ3n) is 5.91. The lowest BCUT2D eigenvalue weighted by Crippen LogP contribution is -2.43. The van der Waals surface area contributed by atoms with Crippen molar-refractivity contribution in [3.8, 4) is 11.5 Å². The Morgan fingerprint density at radius 2 is 1.72 bits per heavy atom. The molecule has 0 radical (unpaired) electrons. The van der Waals surface area contributed by atoms with Crippen molar-refractivity contribution < 1.29 is 19.1 Å². The van der Waals surface area contributed by atoms with E-state index in [2.05, 4.69) is 13.8 Å². The monoisotopic (exact) mass is 402 g/mol. The number of carbonyl (C=O) groups excluding carboxylic acids is 2. The first-order chi connectivity index (χ1) is 14.0. The third-order valence-corrected chi connectivity index (χ3v) is 5.91. The highest BCUT2D eigenvalue weighted by molar-refractivity contribution is 5.95. The summed E-state index contributed by atoms with van der Waals surface area (Å²) in [4.78, 5) is 29.4. The second kappa shape index (κ2) is 9.99. The average molecular weight is 403 g/mol. The second-order valence-corrected chi connectivity index (χ2v) is 8.50. The van der Waals surface area contributed by atoms with Crippen molar-refractivity contribution in [2.45, 2.75) is 46.0 Å². The molecule has 160 valence electrons. The molecule has 0 aliphatic carbocycles. The number of benzene rings is 1. The first kappa shape index (κ1) is 21.5. The summed E-state index contributed by atoms with van der Waals surface area (Å²) in [6.07, 6.45) is 4.68. The molecule has 6 heteroatoms. The fourth-order valence-corrected chi connectivity index (χ4v) is 4.03. The molecule has 2 aliphatic heterocycles. The van der Waals surface area contributed by atoms with Gasteiger partial charge in [0.25, 0.3) is 5.91 Å². The molecule has 2 fully saturated rings. The lowest BCUT2D eigenvalue weighted by atomic mass is 9.95. The highest BCUT2D eigenvalue weighted by Gasteiger charge is 2.31. The number of ether oxygens (including phenoxy) is 2. The molecule has 1 aromatic carbocycles. The lowest BCUT2D eigenvalue weighted by molar-refractivity contribution is -0.135. The molecule has 0 atom stereocenters. The van der Waals surface area contributed by atoms with Crippen LogP contribution in [-0.4, -0.2) is 61.5 Å². The summed E-state index contributed by atoms with van der Waals surface area (Å²) in [5.74, 6) is 2.15. The van der Waals surface area contributed by atoms with E-state index in [1.54, 1.807) is 19.2 Å². The Hall–Kier alpha value is -2.24. The Balaban J connectivity index is 1.56. The molecule has 6 nitrogen and oxygen atoms in total. The fraction of sp³-hybridized carbons (Fsp3) is 0.652. The van der Waals surface area contributed by atoms with E-state index in [0.29, 0.717) is 42.7 Å². The van der Waals surface area contributed by atoms with Gasteiger partial charge in [0.15, 0.2) is 11.5 Å². The molecule has 2 heterocycles. The number of carbonyl (C=O) groups is 2. The lowest BCUT2D eigenvalue weighted by Gasteiger charge is -2.33. The number of nitrogens with zero attached hydrogens (tertiary/aromatic N) is 2. The first-order valence-corrected chi connectivity index (χ1v) is 10.9. The maximum absolute atomic E-state index is 12.9. The van der Waals surface area contributed by atoms with Gasteiger partial charge in [-0.15, -0.1) is 0 Å². The second-order valence-electron chi connectivity index (χ2n) is 8.50. The molecule has 1 aromatic rings. The maximum Gasteiger partial charge on any atom is 0.253 e. The number of amides is 2. The minimum Gasteiger partial charge on any atom is -0.493 e. The van der Waals surface area contributed by atoms with E-state index in [0.717, 1.165) is 45.2 Å². The minimum atomic E-state index is -0.0101. The molecule has 29 heavy (non-hydrogen) atoms. The molecule has 0 aromatic heterocycles. The number of rotatable bonds is 7. The molecule has 3 rings (SSSR count). The Bertz CT molecular complexity index is 705. The van der Waals surface area contributed by atoms with Crippen molar-refractivity contribution in [1.29, 1.82) is 0 Å². The van der Waals surface area contributed by atoms with Gasteiger partial charge in [-0.25, -0.2) is 0 Å². The molecule has 0 spiro atoms. The van der Waals surface area contributed by atoms with Gasteiger partial charge in [-0.2, -0.15) is 0 Å². The standard InChI is InChI=1S/C23H34N2O4/c1-17(2)10-15-29-20-7-6-19(16-21(20)28-3)23(27)25-13-8-18(9-14-25)22(26)24-11-4-5-12-24/h6-7,16-18H,4-5,8-15H2,1-3H3. The van der Waals surface area contributed by atoms with Crippen LogP contribution < -0.4 is 9.47 Å². The van der Waals surface area contributed by atoms with E-state index in [4.69, 9.17) is 9.47 Å². The molecular formula is C23H34N2O4. The maximum atomic E-state index is 12.9. The predicted octanol–water partition coefficient (Wildman–Crippen LogP) is 3.59. The van der Waals surface area contributed by atoms with Crippen molar-refractivity contribution in [2.24, 2.45) is 11.8 Å². The number of methoxy groups -OCH3 is 1. The molecular weight excluding hydrogens is 368 g/mol. The topological polar surface area (TPSA) is 59.1 Å². The molecule has 0 N–H and O–H groups in total. The van der Waals surface area contributed by atoms with Crippen LogP contribution in [0.1, 0.15) is 56.3 Å². The van der Waals surface area contributed by atoms with Crippen LogP contribution in [0, 0.1) is 11.8 Å². The summed E-state index contributed by atoms with van der Waals surface area (Å²) in [6.45, 7) is 7.97. The Morgan fingerprint density at radius 1 is 1.03 bits per heavy atom. The number of hydrogen-bond acceptors (Lipinski definition) is 4. The van der Waals surface area contributed by atoms with E-state index >= 15 is 0 Å². The number of hydrogen-bond donors (Lipinski definition) is 0. The van der Waals surface area contributed by atoms with Crippen LogP contribution in [0.3, 0.4) is 0 Å². The van der Waals surface area contributed by atoms with Gasteiger partial charge in [0.05, 0.1) is 13.7 Å². The van der Waals surface area contributed by atoms with E-state index in [9.17, 15) is 9.59 Å².